The Morgan fingerprint density at radius 3 is 2.80 bits per heavy atom. The molecule has 5 heterocycles. The van der Waals surface area contributed by atoms with E-state index in [1.165, 1.54) is 6.26 Å². The van der Waals surface area contributed by atoms with Crippen LogP contribution in [-0.2, 0) is 16.4 Å². The minimum atomic E-state index is -3.11. The number of hydrogen-bond donors (Lipinski definition) is 1. The van der Waals surface area contributed by atoms with Crippen molar-refractivity contribution in [2.45, 2.75) is 25.9 Å². The zero-order valence-electron chi connectivity index (χ0n) is 18.9. The van der Waals surface area contributed by atoms with Gasteiger partial charge in [-0.25, -0.2) is 18.4 Å². The summed E-state index contributed by atoms with van der Waals surface area (Å²) in [6, 6.07) is 10.5. The normalized spacial score (nSPS) is 18.3. The maximum atomic E-state index is 13.3. The van der Waals surface area contributed by atoms with Gasteiger partial charge >= 0.3 is 0 Å². The highest BCUT2D eigenvalue weighted by molar-refractivity contribution is 7.91. The van der Waals surface area contributed by atoms with E-state index in [2.05, 4.69) is 15.3 Å². The molecule has 10 nitrogen and oxygen atoms in total. The highest BCUT2D eigenvalue weighted by Crippen LogP contribution is 2.34. The molecule has 11 heteroatoms. The van der Waals surface area contributed by atoms with E-state index >= 15 is 0 Å². The van der Waals surface area contributed by atoms with E-state index in [0.717, 1.165) is 5.56 Å². The summed E-state index contributed by atoms with van der Waals surface area (Å²) in [4.78, 5) is 22.5. The first-order valence-corrected chi connectivity index (χ1v) is 13.0. The lowest BCUT2D eigenvalue weighted by Gasteiger charge is -2.14. The second-order valence-electron chi connectivity index (χ2n) is 8.66. The molecular formula is C24H22N4O6S. The van der Waals surface area contributed by atoms with Gasteiger partial charge in [0, 0.05) is 6.54 Å². The van der Waals surface area contributed by atoms with Gasteiger partial charge in [-0.15, -0.1) is 0 Å². The Hall–Kier alpha value is -3.86. The van der Waals surface area contributed by atoms with Crippen LogP contribution in [0.15, 0.2) is 47.1 Å². The molecule has 3 aromatic heterocycles. The number of furan rings is 1. The van der Waals surface area contributed by atoms with E-state index in [4.69, 9.17) is 13.9 Å². The molecule has 0 spiro atoms. The fourth-order valence-electron chi connectivity index (χ4n) is 4.67. The number of benzene rings is 1. The number of fused-ring (bicyclic) bond motifs is 2. The number of aromatic nitrogens is 3. The summed E-state index contributed by atoms with van der Waals surface area (Å²) in [6.45, 7) is 2.24. The molecule has 1 saturated heterocycles. The molecule has 1 fully saturated rings. The summed E-state index contributed by atoms with van der Waals surface area (Å²) in [5.74, 6) is 2.22. The maximum absolute atomic E-state index is 13.3. The average molecular weight is 495 g/mol. The lowest BCUT2D eigenvalue weighted by molar-refractivity contribution is 0.0947. The Bertz CT molecular complexity index is 1560. The summed E-state index contributed by atoms with van der Waals surface area (Å²) >= 11 is 0. The van der Waals surface area contributed by atoms with Gasteiger partial charge in [0.05, 0.1) is 29.3 Å². The molecule has 6 rings (SSSR count). The molecule has 0 saturated carbocycles. The molecule has 2 aliphatic rings. The molecule has 2 aliphatic heterocycles. The summed E-state index contributed by atoms with van der Waals surface area (Å²) < 4.78 is 42.5. The number of pyridine rings is 1. The third-order valence-electron chi connectivity index (χ3n) is 6.31. The van der Waals surface area contributed by atoms with E-state index in [1.54, 1.807) is 24.3 Å². The van der Waals surface area contributed by atoms with Crippen molar-refractivity contribution in [3.05, 3.63) is 59.7 Å². The number of carbonyl (C=O) groups is 1. The van der Waals surface area contributed by atoms with Crippen LogP contribution in [-0.4, -0.2) is 47.2 Å². The predicted octanol–water partition coefficient (Wildman–Crippen LogP) is 3.02. The lowest BCUT2D eigenvalue weighted by Crippen LogP contribution is -2.24. The fourth-order valence-corrected chi connectivity index (χ4v) is 6.37. The number of amides is 1. The largest absolute Gasteiger partial charge is 0.463 e. The smallest absolute Gasteiger partial charge is 0.272 e. The average Bonchev–Trinajstić information content (AvgIpc) is 3.62. The summed E-state index contributed by atoms with van der Waals surface area (Å²) in [5, 5.41) is 2.91. The summed E-state index contributed by atoms with van der Waals surface area (Å²) in [7, 11) is -3.11. The molecule has 35 heavy (non-hydrogen) atoms. The minimum absolute atomic E-state index is 0.0450. The van der Waals surface area contributed by atoms with Gasteiger partial charge in [-0.3, -0.25) is 4.79 Å². The SMILES string of the molecule is Cc1nc2c(C(=O)NCc3ccc4c(c3)OCO4)nc(-c3ccco3)cc2n1C1CCS(=O)(=O)C1. The molecule has 1 unspecified atom stereocenters. The Morgan fingerprint density at radius 2 is 2.03 bits per heavy atom. The van der Waals surface area contributed by atoms with Gasteiger partial charge in [0.25, 0.3) is 5.91 Å². The van der Waals surface area contributed by atoms with E-state index in [1.807, 2.05) is 23.6 Å². The number of nitrogens with zero attached hydrogens (tertiary/aromatic N) is 3. The summed E-state index contributed by atoms with van der Waals surface area (Å²) in [5.41, 5.74) is 2.54. The lowest BCUT2D eigenvalue weighted by atomic mass is 10.1. The van der Waals surface area contributed by atoms with Crippen LogP contribution in [0.3, 0.4) is 0 Å². The molecule has 1 N–H and O–H groups in total. The first-order chi connectivity index (χ1) is 16.9. The highest BCUT2D eigenvalue weighted by Gasteiger charge is 2.32. The Kier molecular flexibility index (Phi) is 5.03. The molecule has 0 bridgehead atoms. The third-order valence-corrected chi connectivity index (χ3v) is 8.06. The van der Waals surface area contributed by atoms with Gasteiger partial charge in [0.2, 0.25) is 6.79 Å². The van der Waals surface area contributed by atoms with Crippen molar-refractivity contribution in [2.24, 2.45) is 0 Å². The molecule has 0 aliphatic carbocycles. The number of rotatable bonds is 5. The molecule has 4 aromatic rings. The van der Waals surface area contributed by atoms with Crippen LogP contribution in [0.25, 0.3) is 22.5 Å². The number of nitrogens with one attached hydrogen (secondary N) is 1. The number of ether oxygens (including phenoxy) is 2. The number of hydrogen-bond acceptors (Lipinski definition) is 8. The predicted molar refractivity (Wildman–Crippen MR) is 126 cm³/mol. The van der Waals surface area contributed by atoms with Gasteiger partial charge < -0.3 is 23.8 Å². The van der Waals surface area contributed by atoms with Gasteiger partial charge in [0.15, 0.2) is 32.8 Å². The molecular weight excluding hydrogens is 472 g/mol. The quantitative estimate of drug-likeness (QED) is 0.449. The van der Waals surface area contributed by atoms with Crippen molar-refractivity contribution in [2.75, 3.05) is 18.3 Å². The van der Waals surface area contributed by atoms with Crippen molar-refractivity contribution < 1.29 is 27.1 Å². The van der Waals surface area contributed by atoms with Gasteiger partial charge in [-0.05, 0) is 49.2 Å². The van der Waals surface area contributed by atoms with E-state index in [-0.39, 0.29) is 36.6 Å². The van der Waals surface area contributed by atoms with E-state index in [9.17, 15) is 13.2 Å². The third kappa shape index (κ3) is 3.91. The van der Waals surface area contributed by atoms with Crippen LogP contribution < -0.4 is 14.8 Å². The fraction of sp³-hybridized carbons (Fsp3) is 0.292. The van der Waals surface area contributed by atoms with Crippen LogP contribution in [0, 0.1) is 6.92 Å². The zero-order valence-corrected chi connectivity index (χ0v) is 19.7. The maximum Gasteiger partial charge on any atom is 0.272 e. The Morgan fingerprint density at radius 1 is 1.17 bits per heavy atom. The topological polar surface area (TPSA) is 126 Å². The van der Waals surface area contributed by atoms with Crippen molar-refractivity contribution >= 4 is 26.8 Å². The summed E-state index contributed by atoms with van der Waals surface area (Å²) in [6.07, 6.45) is 2.03. The van der Waals surface area contributed by atoms with Crippen LogP contribution in [0.2, 0.25) is 0 Å². The molecule has 0 radical (unpaired) electrons. The Labute approximate surface area is 200 Å². The molecule has 1 atom stereocenters. The van der Waals surface area contributed by atoms with Gasteiger partial charge in [-0.2, -0.15) is 0 Å². The van der Waals surface area contributed by atoms with Crippen molar-refractivity contribution in [1.29, 1.82) is 0 Å². The standard InChI is InChI=1S/C24H22N4O6S/c1-14-26-22-18(28(14)16-6-8-35(30,31)12-16)10-17(19-3-2-7-32-19)27-23(22)24(29)25-11-15-4-5-20-21(9-15)34-13-33-20/h2-5,7,9-10,16H,6,8,11-13H2,1H3,(H,25,29). The minimum Gasteiger partial charge on any atom is -0.463 e. The number of carbonyl (C=O) groups excluding carboxylic acids is 1. The van der Waals surface area contributed by atoms with Crippen LogP contribution in [0.4, 0.5) is 0 Å². The highest BCUT2D eigenvalue weighted by atomic mass is 32.2. The zero-order chi connectivity index (χ0) is 24.2. The molecule has 180 valence electrons. The van der Waals surface area contributed by atoms with Crippen LogP contribution in [0.1, 0.15) is 34.3 Å². The number of sulfone groups is 1. The van der Waals surface area contributed by atoms with Crippen LogP contribution >= 0.6 is 0 Å². The van der Waals surface area contributed by atoms with Crippen molar-refractivity contribution in [3.63, 3.8) is 0 Å². The van der Waals surface area contributed by atoms with Crippen molar-refractivity contribution in [3.8, 4) is 23.0 Å². The first-order valence-electron chi connectivity index (χ1n) is 11.2. The number of imidazole rings is 1. The second kappa shape index (κ2) is 8.12. The first kappa shape index (κ1) is 21.7. The monoisotopic (exact) mass is 494 g/mol. The Balaban J connectivity index is 1.38. The van der Waals surface area contributed by atoms with Gasteiger partial charge in [0.1, 0.15) is 17.0 Å². The number of aryl methyl sites for hydroxylation is 1. The van der Waals surface area contributed by atoms with E-state index in [0.29, 0.717) is 46.2 Å². The molecule has 1 amide bonds. The van der Waals surface area contributed by atoms with Crippen molar-refractivity contribution in [1.82, 2.24) is 19.9 Å². The van der Waals surface area contributed by atoms with E-state index < -0.39 is 15.7 Å². The van der Waals surface area contributed by atoms with Crippen LogP contribution in [0.5, 0.6) is 11.5 Å². The second-order valence-corrected chi connectivity index (χ2v) is 10.9. The van der Waals surface area contributed by atoms with Gasteiger partial charge in [-0.1, -0.05) is 6.07 Å². The molecule has 1 aromatic carbocycles.